The summed E-state index contributed by atoms with van der Waals surface area (Å²) in [5.41, 5.74) is -0.379. The molecule has 0 aromatic heterocycles. The highest BCUT2D eigenvalue weighted by Crippen LogP contribution is 2.40. The summed E-state index contributed by atoms with van der Waals surface area (Å²) < 4.78 is 9.77. The topological polar surface area (TPSA) is 89.9 Å². The standard InChI is InChI=1S/C16H15Cl3O6/c17-9-7-10(18)13(25-16(23)14(20)21)11(12(9)19)15(22)24-6-2-1-3-8-4-5-8/h7-8H,1-6H2,(H,20,21). The first-order valence-electron chi connectivity index (χ1n) is 7.61. The monoisotopic (exact) mass is 408 g/mol. The van der Waals surface area contributed by atoms with Gasteiger partial charge in [-0.15, -0.1) is 0 Å². The Balaban J connectivity index is 2.10. The molecule has 136 valence electrons. The quantitative estimate of drug-likeness (QED) is 0.236. The zero-order valence-corrected chi connectivity index (χ0v) is 15.3. The van der Waals surface area contributed by atoms with Crippen molar-refractivity contribution < 1.29 is 29.0 Å². The van der Waals surface area contributed by atoms with E-state index in [0.717, 1.165) is 24.8 Å². The van der Waals surface area contributed by atoms with Crippen LogP contribution in [0.3, 0.4) is 0 Å². The number of hydrogen-bond donors (Lipinski definition) is 1. The Morgan fingerprint density at radius 3 is 2.40 bits per heavy atom. The van der Waals surface area contributed by atoms with Crippen molar-refractivity contribution >= 4 is 52.7 Å². The number of benzene rings is 1. The summed E-state index contributed by atoms with van der Waals surface area (Å²) in [6.07, 6.45) is 5.23. The van der Waals surface area contributed by atoms with Crippen LogP contribution >= 0.6 is 34.8 Å². The number of carbonyl (C=O) groups is 3. The first-order valence-corrected chi connectivity index (χ1v) is 8.74. The molecule has 1 N–H and O–H groups in total. The molecule has 1 aliphatic rings. The summed E-state index contributed by atoms with van der Waals surface area (Å²) in [4.78, 5) is 34.2. The second kappa shape index (κ2) is 8.74. The highest BCUT2D eigenvalue weighted by Gasteiger charge is 2.28. The van der Waals surface area contributed by atoms with Crippen molar-refractivity contribution in [2.24, 2.45) is 5.92 Å². The number of aliphatic carboxylic acids is 1. The number of rotatable bonds is 7. The summed E-state index contributed by atoms with van der Waals surface area (Å²) in [5.74, 6) is -4.06. The number of carbonyl (C=O) groups excluding carboxylic acids is 2. The normalized spacial score (nSPS) is 13.4. The Hall–Kier alpha value is -1.50. The Labute approximate surface area is 158 Å². The first-order chi connectivity index (χ1) is 11.8. The molecule has 1 saturated carbocycles. The Kier molecular flexibility index (Phi) is 6.93. The molecule has 1 aromatic carbocycles. The smallest absolute Gasteiger partial charge is 0.422 e. The van der Waals surface area contributed by atoms with Crippen LogP contribution in [0.1, 0.15) is 42.5 Å². The Bertz CT molecular complexity index is 700. The third kappa shape index (κ3) is 5.49. The third-order valence-electron chi connectivity index (χ3n) is 3.64. The Morgan fingerprint density at radius 2 is 1.80 bits per heavy atom. The second-order valence-corrected chi connectivity index (χ2v) is 6.82. The molecule has 9 heteroatoms. The molecule has 6 nitrogen and oxygen atoms in total. The number of halogens is 3. The molecule has 0 spiro atoms. The molecule has 0 atom stereocenters. The lowest BCUT2D eigenvalue weighted by atomic mass is 10.2. The van der Waals surface area contributed by atoms with E-state index in [-0.39, 0.29) is 27.2 Å². The molecule has 0 bridgehead atoms. The average molecular weight is 410 g/mol. The van der Waals surface area contributed by atoms with Crippen molar-refractivity contribution in [2.75, 3.05) is 6.61 Å². The van der Waals surface area contributed by atoms with Crippen molar-refractivity contribution in [2.45, 2.75) is 32.1 Å². The van der Waals surface area contributed by atoms with Crippen LogP contribution in [0.25, 0.3) is 0 Å². The van der Waals surface area contributed by atoms with Gasteiger partial charge in [0.15, 0.2) is 5.75 Å². The van der Waals surface area contributed by atoms with Gasteiger partial charge >= 0.3 is 17.9 Å². The fourth-order valence-corrected chi connectivity index (χ4v) is 2.89. The summed E-state index contributed by atoms with van der Waals surface area (Å²) >= 11 is 17.8. The molecule has 25 heavy (non-hydrogen) atoms. The van der Waals surface area contributed by atoms with E-state index in [4.69, 9.17) is 44.6 Å². The number of unbranched alkanes of at least 4 members (excludes halogenated alkanes) is 1. The third-order valence-corrected chi connectivity index (χ3v) is 4.71. The van der Waals surface area contributed by atoms with Gasteiger partial charge in [-0.05, 0) is 24.8 Å². The largest absolute Gasteiger partial charge is 0.473 e. The van der Waals surface area contributed by atoms with Gasteiger partial charge in [0.2, 0.25) is 0 Å². The van der Waals surface area contributed by atoms with Crippen molar-refractivity contribution in [1.29, 1.82) is 0 Å². The van der Waals surface area contributed by atoms with Crippen LogP contribution < -0.4 is 4.74 Å². The molecule has 0 aliphatic heterocycles. The maximum atomic E-state index is 12.3. The molecule has 0 amide bonds. The second-order valence-electron chi connectivity index (χ2n) is 5.63. The highest BCUT2D eigenvalue weighted by atomic mass is 35.5. The van der Waals surface area contributed by atoms with E-state index in [1.165, 1.54) is 12.8 Å². The number of esters is 2. The van der Waals surface area contributed by atoms with Gasteiger partial charge in [-0.1, -0.05) is 54.1 Å². The van der Waals surface area contributed by atoms with Crippen LogP contribution in [0.5, 0.6) is 5.75 Å². The molecule has 1 fully saturated rings. The average Bonchev–Trinajstić information content (AvgIpc) is 3.36. The number of ether oxygens (including phenoxy) is 2. The minimum Gasteiger partial charge on any atom is -0.473 e. The fraction of sp³-hybridized carbons (Fsp3) is 0.438. The predicted molar refractivity (Wildman–Crippen MR) is 91.6 cm³/mol. The molecule has 0 heterocycles. The van der Waals surface area contributed by atoms with Crippen molar-refractivity contribution in [3.05, 3.63) is 26.7 Å². The minimum atomic E-state index is -1.85. The number of carboxylic acid groups (broad SMARTS) is 1. The molecule has 1 aliphatic carbocycles. The maximum Gasteiger partial charge on any atom is 0.422 e. The summed E-state index contributed by atoms with van der Waals surface area (Å²) in [5, 5.41) is 8.13. The van der Waals surface area contributed by atoms with Gasteiger partial charge in [-0.2, -0.15) is 0 Å². The minimum absolute atomic E-state index is 0.0533. The van der Waals surface area contributed by atoms with E-state index < -0.39 is 23.7 Å². The van der Waals surface area contributed by atoms with Gasteiger partial charge in [0, 0.05) is 0 Å². The zero-order chi connectivity index (χ0) is 18.6. The number of hydrogen-bond acceptors (Lipinski definition) is 5. The van der Waals surface area contributed by atoms with E-state index in [9.17, 15) is 14.4 Å². The summed E-state index contributed by atoms with van der Waals surface area (Å²) in [7, 11) is 0. The zero-order valence-electron chi connectivity index (χ0n) is 13.0. The molecule has 0 unspecified atom stereocenters. The van der Waals surface area contributed by atoms with Gasteiger partial charge in [-0.3, -0.25) is 0 Å². The van der Waals surface area contributed by atoms with Crippen molar-refractivity contribution in [1.82, 2.24) is 0 Å². The van der Waals surface area contributed by atoms with E-state index in [2.05, 4.69) is 4.74 Å². The van der Waals surface area contributed by atoms with Gasteiger partial charge < -0.3 is 14.6 Å². The molecule has 2 rings (SSSR count). The lowest BCUT2D eigenvalue weighted by Crippen LogP contribution is -2.21. The van der Waals surface area contributed by atoms with Crippen LogP contribution in [0, 0.1) is 5.92 Å². The molecular formula is C16H15Cl3O6. The van der Waals surface area contributed by atoms with E-state index in [0.29, 0.717) is 6.42 Å². The summed E-state index contributed by atoms with van der Waals surface area (Å²) in [6, 6.07) is 1.14. The number of carboxylic acids is 1. The molecule has 0 saturated heterocycles. The summed E-state index contributed by atoms with van der Waals surface area (Å²) in [6.45, 7) is 0.151. The van der Waals surface area contributed by atoms with Crippen LogP contribution in [-0.4, -0.2) is 29.6 Å². The predicted octanol–water partition coefficient (Wildman–Crippen LogP) is 4.37. The SMILES string of the molecule is O=C(O)C(=O)Oc1c(Cl)cc(Cl)c(Cl)c1C(=O)OCCCCC1CC1. The van der Waals surface area contributed by atoms with Crippen LogP contribution in [0.4, 0.5) is 0 Å². The fourth-order valence-electron chi connectivity index (χ4n) is 2.18. The first kappa shape index (κ1) is 19.8. The highest BCUT2D eigenvalue weighted by molar-refractivity contribution is 6.46. The maximum absolute atomic E-state index is 12.3. The van der Waals surface area contributed by atoms with Gasteiger partial charge in [0.05, 0.1) is 21.7 Å². The lowest BCUT2D eigenvalue weighted by Gasteiger charge is -2.13. The molecule has 0 radical (unpaired) electrons. The van der Waals surface area contributed by atoms with Crippen LogP contribution in [-0.2, 0) is 14.3 Å². The van der Waals surface area contributed by atoms with Crippen molar-refractivity contribution in [3.8, 4) is 5.75 Å². The van der Waals surface area contributed by atoms with Gasteiger partial charge in [0.1, 0.15) is 5.56 Å². The van der Waals surface area contributed by atoms with Crippen LogP contribution in [0.2, 0.25) is 15.1 Å². The van der Waals surface area contributed by atoms with E-state index >= 15 is 0 Å². The van der Waals surface area contributed by atoms with Crippen molar-refractivity contribution in [3.63, 3.8) is 0 Å². The van der Waals surface area contributed by atoms with E-state index in [1.807, 2.05) is 0 Å². The van der Waals surface area contributed by atoms with E-state index in [1.54, 1.807) is 0 Å². The lowest BCUT2D eigenvalue weighted by molar-refractivity contribution is -0.158. The Morgan fingerprint density at radius 1 is 1.12 bits per heavy atom. The van der Waals surface area contributed by atoms with Gasteiger partial charge in [0.25, 0.3) is 0 Å². The molecule has 1 aromatic rings. The van der Waals surface area contributed by atoms with Crippen LogP contribution in [0.15, 0.2) is 6.07 Å². The van der Waals surface area contributed by atoms with Gasteiger partial charge in [-0.25, -0.2) is 14.4 Å². The molecular weight excluding hydrogens is 395 g/mol.